The lowest BCUT2D eigenvalue weighted by Crippen LogP contribution is -2.43. The van der Waals surface area contributed by atoms with Gasteiger partial charge in [0, 0.05) is 12.2 Å². The summed E-state index contributed by atoms with van der Waals surface area (Å²) in [4.78, 5) is 0.135. The molecule has 6 nitrogen and oxygen atoms in total. The summed E-state index contributed by atoms with van der Waals surface area (Å²) in [5.41, 5.74) is 6.27. The van der Waals surface area contributed by atoms with E-state index in [1.807, 2.05) is 13.8 Å². The zero-order valence-corrected chi connectivity index (χ0v) is 13.5. The van der Waals surface area contributed by atoms with Gasteiger partial charge in [-0.1, -0.05) is 13.8 Å². The normalized spacial score (nSPS) is 14.9. The first-order valence-corrected chi connectivity index (χ1v) is 8.39. The fourth-order valence-corrected chi connectivity index (χ4v) is 3.48. The van der Waals surface area contributed by atoms with Crippen molar-refractivity contribution in [2.24, 2.45) is 0 Å². The van der Waals surface area contributed by atoms with Crippen LogP contribution in [0.15, 0.2) is 17.0 Å². The summed E-state index contributed by atoms with van der Waals surface area (Å²) in [6.45, 7) is 4.30. The number of nitrogens with two attached hydrogens (primary N) is 1. The Morgan fingerprint density at radius 2 is 1.90 bits per heavy atom. The Morgan fingerprint density at radius 1 is 1.29 bits per heavy atom. The monoisotopic (exact) mass is 316 g/mol. The van der Waals surface area contributed by atoms with E-state index in [2.05, 4.69) is 4.72 Å². The maximum absolute atomic E-state index is 12.4. The maximum atomic E-state index is 12.4. The third-order valence-electron chi connectivity index (χ3n) is 3.34. The van der Waals surface area contributed by atoms with Crippen LogP contribution in [0.2, 0.25) is 0 Å². The second kappa shape index (κ2) is 6.74. The molecule has 1 aromatic rings. The summed E-state index contributed by atoms with van der Waals surface area (Å²) < 4.78 is 27.2. The van der Waals surface area contributed by atoms with Gasteiger partial charge >= 0.3 is 0 Å². The molecular weight excluding hydrogens is 292 g/mol. The average Bonchev–Trinajstić information content (AvgIpc) is 2.44. The number of nitrogen functional groups attached to an aromatic ring is 1. The lowest BCUT2D eigenvalue weighted by Gasteiger charge is -2.21. The smallest absolute Gasteiger partial charge is 0.241 e. The van der Waals surface area contributed by atoms with Gasteiger partial charge in [-0.15, -0.1) is 0 Å². The molecule has 0 saturated carbocycles. The lowest BCUT2D eigenvalue weighted by molar-refractivity contribution is 0.00681. The summed E-state index contributed by atoms with van der Waals surface area (Å²) >= 11 is 0. The van der Waals surface area contributed by atoms with Crippen molar-refractivity contribution in [1.82, 2.24) is 4.72 Å². The highest BCUT2D eigenvalue weighted by molar-refractivity contribution is 7.89. The molecule has 5 N–H and O–H groups in total. The number of aliphatic hydroxyl groups excluding tert-OH is 1. The predicted molar refractivity (Wildman–Crippen MR) is 82.5 cm³/mol. The van der Waals surface area contributed by atoms with E-state index < -0.39 is 22.2 Å². The first-order valence-electron chi connectivity index (χ1n) is 6.91. The van der Waals surface area contributed by atoms with Crippen LogP contribution >= 0.6 is 0 Å². The van der Waals surface area contributed by atoms with E-state index in [9.17, 15) is 13.5 Å². The average molecular weight is 316 g/mol. The number of sulfonamides is 1. The van der Waals surface area contributed by atoms with E-state index in [0.29, 0.717) is 24.1 Å². The van der Waals surface area contributed by atoms with Crippen LogP contribution in [0.3, 0.4) is 0 Å². The Kier molecular flexibility index (Phi) is 5.75. The van der Waals surface area contributed by atoms with Crippen molar-refractivity contribution in [3.05, 3.63) is 23.3 Å². The van der Waals surface area contributed by atoms with Crippen LogP contribution in [0.25, 0.3) is 0 Å². The molecule has 1 rings (SSSR count). The second-order valence-corrected chi connectivity index (χ2v) is 7.08. The summed E-state index contributed by atoms with van der Waals surface area (Å²) in [6, 6.07) is 3.38. The fraction of sp³-hybridized carbons (Fsp3) is 0.571. The van der Waals surface area contributed by atoms with Crippen LogP contribution in [0, 0.1) is 0 Å². The number of benzene rings is 1. The van der Waals surface area contributed by atoms with E-state index >= 15 is 0 Å². The molecule has 0 fully saturated rings. The van der Waals surface area contributed by atoms with Crippen LogP contribution in [-0.2, 0) is 22.9 Å². The van der Waals surface area contributed by atoms with Crippen molar-refractivity contribution in [2.45, 2.75) is 44.1 Å². The molecule has 7 heteroatoms. The SMILES string of the molecule is CCc1cc(N)c(CC)c(S(=O)(=O)NCC(C)(O)CO)c1. The molecule has 0 aromatic heterocycles. The standard InChI is InChI=1S/C14H24N2O4S/c1-4-10-6-12(15)11(5-2)13(7-10)21(19,20)16-8-14(3,18)9-17/h6-7,16-18H,4-5,8-9,15H2,1-3H3. The number of hydrogen-bond acceptors (Lipinski definition) is 5. The Labute approximate surface area is 126 Å². The van der Waals surface area contributed by atoms with Gasteiger partial charge in [-0.2, -0.15) is 0 Å². The maximum Gasteiger partial charge on any atom is 0.241 e. The number of hydrogen-bond donors (Lipinski definition) is 4. The number of aliphatic hydroxyl groups is 2. The van der Waals surface area contributed by atoms with Gasteiger partial charge in [0.2, 0.25) is 10.0 Å². The van der Waals surface area contributed by atoms with Crippen molar-refractivity contribution < 1.29 is 18.6 Å². The van der Waals surface area contributed by atoms with Gasteiger partial charge < -0.3 is 15.9 Å². The van der Waals surface area contributed by atoms with Crippen LogP contribution in [0.4, 0.5) is 5.69 Å². The minimum absolute atomic E-state index is 0.135. The zero-order chi connectivity index (χ0) is 16.3. The molecule has 120 valence electrons. The van der Waals surface area contributed by atoms with Gasteiger partial charge in [-0.05, 0) is 43.0 Å². The molecule has 0 radical (unpaired) electrons. The fourth-order valence-electron chi connectivity index (χ4n) is 1.93. The number of nitrogens with one attached hydrogen (secondary N) is 1. The molecule has 1 unspecified atom stereocenters. The van der Waals surface area contributed by atoms with E-state index in [-0.39, 0.29) is 11.4 Å². The first kappa shape index (κ1) is 17.9. The molecule has 0 heterocycles. The zero-order valence-electron chi connectivity index (χ0n) is 12.7. The summed E-state index contributed by atoms with van der Waals surface area (Å²) in [5.74, 6) is 0. The van der Waals surface area contributed by atoms with E-state index in [1.165, 1.54) is 6.92 Å². The third kappa shape index (κ3) is 4.41. The number of rotatable bonds is 7. The first-order chi connectivity index (χ1) is 9.66. The Morgan fingerprint density at radius 3 is 2.38 bits per heavy atom. The highest BCUT2D eigenvalue weighted by Gasteiger charge is 2.25. The highest BCUT2D eigenvalue weighted by Crippen LogP contribution is 2.25. The van der Waals surface area contributed by atoms with Crippen LogP contribution in [-0.4, -0.2) is 37.4 Å². The minimum atomic E-state index is -3.80. The molecule has 1 aromatic carbocycles. The van der Waals surface area contributed by atoms with Gasteiger partial charge in [0.05, 0.1) is 17.1 Å². The van der Waals surface area contributed by atoms with Crippen molar-refractivity contribution in [2.75, 3.05) is 18.9 Å². The molecule has 21 heavy (non-hydrogen) atoms. The summed E-state index contributed by atoms with van der Waals surface area (Å²) in [6.07, 6.45) is 1.16. The van der Waals surface area contributed by atoms with Gasteiger partial charge in [0.1, 0.15) is 0 Å². The third-order valence-corrected chi connectivity index (χ3v) is 4.81. The largest absolute Gasteiger partial charge is 0.398 e. The summed E-state index contributed by atoms with van der Waals surface area (Å²) in [7, 11) is -3.80. The van der Waals surface area contributed by atoms with Crippen molar-refractivity contribution >= 4 is 15.7 Å². The molecule has 0 saturated heterocycles. The van der Waals surface area contributed by atoms with Crippen LogP contribution in [0.5, 0.6) is 0 Å². The van der Waals surface area contributed by atoms with E-state index in [4.69, 9.17) is 10.8 Å². The van der Waals surface area contributed by atoms with Crippen LogP contribution < -0.4 is 10.5 Å². The molecule has 0 aliphatic carbocycles. The molecule has 0 bridgehead atoms. The van der Waals surface area contributed by atoms with Gasteiger partial charge in [0.25, 0.3) is 0 Å². The molecule has 0 spiro atoms. The summed E-state index contributed by atoms with van der Waals surface area (Å²) in [5, 5.41) is 18.7. The molecule has 0 aliphatic rings. The van der Waals surface area contributed by atoms with Gasteiger partial charge in [-0.25, -0.2) is 13.1 Å². The highest BCUT2D eigenvalue weighted by atomic mass is 32.2. The molecule has 1 atom stereocenters. The van der Waals surface area contributed by atoms with Crippen molar-refractivity contribution in [3.8, 4) is 0 Å². The van der Waals surface area contributed by atoms with Crippen LogP contribution in [0.1, 0.15) is 31.9 Å². The Bertz CT molecular complexity index is 597. The number of aryl methyl sites for hydroxylation is 1. The van der Waals surface area contributed by atoms with Gasteiger partial charge in [-0.3, -0.25) is 0 Å². The quantitative estimate of drug-likeness (QED) is 0.544. The van der Waals surface area contributed by atoms with Gasteiger partial charge in [0.15, 0.2) is 0 Å². The van der Waals surface area contributed by atoms with Crippen molar-refractivity contribution in [1.29, 1.82) is 0 Å². The molecule has 0 aliphatic heterocycles. The van der Waals surface area contributed by atoms with E-state index in [0.717, 1.165) is 5.56 Å². The Hall–Kier alpha value is -1.15. The minimum Gasteiger partial charge on any atom is -0.398 e. The topological polar surface area (TPSA) is 113 Å². The molecular formula is C14H24N2O4S. The predicted octanol–water partition coefficient (Wildman–Crippen LogP) is 0.415. The lowest BCUT2D eigenvalue weighted by atomic mass is 10.1. The second-order valence-electron chi connectivity index (χ2n) is 5.35. The molecule has 0 amide bonds. The van der Waals surface area contributed by atoms with E-state index in [1.54, 1.807) is 12.1 Å². The Balaban J connectivity index is 3.21. The van der Waals surface area contributed by atoms with Crippen molar-refractivity contribution in [3.63, 3.8) is 0 Å². The number of anilines is 1.